The summed E-state index contributed by atoms with van der Waals surface area (Å²) in [6.07, 6.45) is 8.50. The van der Waals surface area contributed by atoms with E-state index >= 15 is 0 Å². The van der Waals surface area contributed by atoms with Crippen molar-refractivity contribution in [2.24, 2.45) is 5.92 Å². The predicted octanol–water partition coefficient (Wildman–Crippen LogP) is 5.62. The highest BCUT2D eigenvalue weighted by Crippen LogP contribution is 2.45. The lowest BCUT2D eigenvalue weighted by atomic mass is 9.66. The van der Waals surface area contributed by atoms with Gasteiger partial charge >= 0.3 is 0 Å². The van der Waals surface area contributed by atoms with Gasteiger partial charge in [0.05, 0.1) is 0 Å². The van der Waals surface area contributed by atoms with Crippen LogP contribution in [-0.4, -0.2) is 34.4 Å². The lowest BCUT2D eigenvalue weighted by Gasteiger charge is -2.51. The van der Waals surface area contributed by atoms with Gasteiger partial charge in [-0.2, -0.15) is 0 Å². The lowest BCUT2D eigenvalue weighted by Crippen LogP contribution is -2.59. The van der Waals surface area contributed by atoms with Gasteiger partial charge in [0.1, 0.15) is 0 Å². The number of piperidine rings is 1. The summed E-state index contributed by atoms with van der Waals surface area (Å²) < 4.78 is 0. The fourth-order valence-corrected chi connectivity index (χ4v) is 6.09. The Hall–Kier alpha value is -2.69. The Bertz CT molecular complexity index is 1070. The van der Waals surface area contributed by atoms with E-state index in [1.807, 2.05) is 30.6 Å². The molecule has 0 unspecified atom stereocenters. The Morgan fingerprint density at radius 2 is 1.71 bits per heavy atom. The fourth-order valence-electron chi connectivity index (χ4n) is 5.96. The SMILES string of the molecule is O=C1C[C@H](c2ccc(Cl)cc2)[C@H]2[C@@H](NCc3ccncc3)CCC[C@H]2N1CCc1ccccc1. The number of nitrogens with one attached hydrogen (secondary N) is 1. The molecule has 1 N–H and O–H groups in total. The van der Waals surface area contributed by atoms with Crippen molar-refractivity contribution in [2.75, 3.05) is 6.54 Å². The first-order chi connectivity index (χ1) is 16.7. The topological polar surface area (TPSA) is 45.2 Å². The Morgan fingerprint density at radius 1 is 0.941 bits per heavy atom. The largest absolute Gasteiger partial charge is 0.339 e. The standard InChI is InChI=1S/C29H32ClN3O/c30-24-11-9-23(10-12-24)25-19-28(34)33(18-15-21-5-2-1-3-6-21)27-8-4-7-26(29(25)27)32-20-22-13-16-31-17-14-22/h1-3,5-6,9-14,16-17,25-27,29,32H,4,7-8,15,18-20H2/t25-,26+,27-,29+/m1/s1. The number of aromatic nitrogens is 1. The minimum atomic E-state index is 0.206. The number of carbonyl (C=O) groups is 1. The second kappa shape index (κ2) is 10.7. The van der Waals surface area contributed by atoms with Crippen molar-refractivity contribution in [3.63, 3.8) is 0 Å². The molecule has 2 heterocycles. The maximum atomic E-state index is 13.5. The molecule has 4 nitrogen and oxygen atoms in total. The molecule has 0 radical (unpaired) electrons. The molecule has 0 bridgehead atoms. The van der Waals surface area contributed by atoms with Gasteiger partial charge in [0.2, 0.25) is 5.91 Å². The fraction of sp³-hybridized carbons (Fsp3) is 0.379. The third kappa shape index (κ3) is 5.18. The highest BCUT2D eigenvalue weighted by Gasteiger charge is 2.47. The normalized spacial score (nSPS) is 24.6. The quantitative estimate of drug-likeness (QED) is 0.484. The van der Waals surface area contributed by atoms with E-state index < -0.39 is 0 Å². The van der Waals surface area contributed by atoms with E-state index in [0.717, 1.165) is 43.8 Å². The summed E-state index contributed by atoms with van der Waals surface area (Å²) in [7, 11) is 0. The minimum absolute atomic E-state index is 0.206. The van der Waals surface area contributed by atoms with Crippen molar-refractivity contribution in [1.29, 1.82) is 0 Å². The van der Waals surface area contributed by atoms with Crippen molar-refractivity contribution < 1.29 is 4.79 Å². The Labute approximate surface area is 207 Å². The zero-order chi connectivity index (χ0) is 23.3. The van der Waals surface area contributed by atoms with Crippen LogP contribution in [-0.2, 0) is 17.8 Å². The van der Waals surface area contributed by atoms with Gasteiger partial charge in [-0.15, -0.1) is 0 Å². The summed E-state index contributed by atoms with van der Waals surface area (Å²) in [6.45, 7) is 1.61. The van der Waals surface area contributed by atoms with Crippen molar-refractivity contribution in [1.82, 2.24) is 15.2 Å². The van der Waals surface area contributed by atoms with Crippen LogP contribution in [0.2, 0.25) is 5.02 Å². The summed E-state index contributed by atoms with van der Waals surface area (Å²) in [6, 6.07) is 23.4. The maximum Gasteiger partial charge on any atom is 0.223 e. The van der Waals surface area contributed by atoms with Crippen LogP contribution in [0.4, 0.5) is 0 Å². The number of amides is 1. The second-order valence-corrected chi connectivity index (χ2v) is 10.0. The van der Waals surface area contributed by atoms with Gasteiger partial charge < -0.3 is 10.2 Å². The Balaban J connectivity index is 1.40. The summed E-state index contributed by atoms with van der Waals surface area (Å²) >= 11 is 6.19. The number of hydrogen-bond acceptors (Lipinski definition) is 3. The maximum absolute atomic E-state index is 13.5. The summed E-state index contributed by atoms with van der Waals surface area (Å²) in [5, 5.41) is 4.60. The highest BCUT2D eigenvalue weighted by molar-refractivity contribution is 6.30. The molecule has 1 amide bonds. The minimum Gasteiger partial charge on any atom is -0.339 e. The molecule has 2 aliphatic rings. The van der Waals surface area contributed by atoms with Crippen LogP contribution in [0.3, 0.4) is 0 Å². The van der Waals surface area contributed by atoms with Gasteiger partial charge in [-0.25, -0.2) is 0 Å². The first kappa shape index (κ1) is 23.1. The number of likely N-dealkylation sites (tertiary alicyclic amines) is 1. The van der Waals surface area contributed by atoms with E-state index in [0.29, 0.717) is 18.4 Å². The summed E-state index contributed by atoms with van der Waals surface area (Å²) in [5.41, 5.74) is 3.76. The van der Waals surface area contributed by atoms with Crippen molar-refractivity contribution in [3.05, 3.63) is 101 Å². The average Bonchev–Trinajstić information content (AvgIpc) is 2.88. The van der Waals surface area contributed by atoms with Crippen LogP contribution in [0.5, 0.6) is 0 Å². The number of nitrogens with zero attached hydrogens (tertiary/aromatic N) is 2. The number of benzene rings is 2. The number of halogens is 1. The number of rotatable bonds is 7. The molecule has 176 valence electrons. The van der Waals surface area contributed by atoms with Gasteiger partial charge in [0.15, 0.2) is 0 Å². The molecule has 1 saturated heterocycles. The van der Waals surface area contributed by atoms with Crippen LogP contribution < -0.4 is 5.32 Å². The molecule has 4 atom stereocenters. The van der Waals surface area contributed by atoms with Gasteiger partial charge in [-0.3, -0.25) is 9.78 Å². The first-order valence-electron chi connectivity index (χ1n) is 12.4. The third-order valence-corrected chi connectivity index (χ3v) is 7.86. The summed E-state index contributed by atoms with van der Waals surface area (Å²) in [5.74, 6) is 0.870. The first-order valence-corrected chi connectivity index (χ1v) is 12.8. The molecule has 2 fully saturated rings. The summed E-state index contributed by atoms with van der Waals surface area (Å²) in [4.78, 5) is 19.8. The van der Waals surface area contributed by atoms with E-state index in [2.05, 4.69) is 63.7 Å². The molecular formula is C29H32ClN3O. The van der Waals surface area contributed by atoms with Crippen molar-refractivity contribution in [2.45, 2.75) is 56.7 Å². The molecular weight excluding hydrogens is 442 g/mol. The number of hydrogen-bond donors (Lipinski definition) is 1. The Morgan fingerprint density at radius 3 is 2.47 bits per heavy atom. The van der Waals surface area contributed by atoms with Crippen LogP contribution >= 0.6 is 11.6 Å². The van der Waals surface area contributed by atoms with E-state index in [1.165, 1.54) is 16.7 Å². The van der Waals surface area contributed by atoms with E-state index in [1.54, 1.807) is 0 Å². The molecule has 34 heavy (non-hydrogen) atoms. The molecule has 1 aromatic heterocycles. The Kier molecular flexibility index (Phi) is 7.27. The van der Waals surface area contributed by atoms with Gasteiger partial charge in [0, 0.05) is 54.9 Å². The predicted molar refractivity (Wildman–Crippen MR) is 137 cm³/mol. The lowest BCUT2D eigenvalue weighted by molar-refractivity contribution is -0.142. The van der Waals surface area contributed by atoms with Crippen molar-refractivity contribution >= 4 is 17.5 Å². The molecule has 1 saturated carbocycles. The van der Waals surface area contributed by atoms with E-state index in [4.69, 9.17) is 11.6 Å². The smallest absolute Gasteiger partial charge is 0.223 e. The molecule has 1 aliphatic carbocycles. The van der Waals surface area contributed by atoms with Crippen molar-refractivity contribution in [3.8, 4) is 0 Å². The van der Waals surface area contributed by atoms with E-state index in [9.17, 15) is 4.79 Å². The van der Waals surface area contributed by atoms with Crippen LogP contribution in [0.15, 0.2) is 79.1 Å². The monoisotopic (exact) mass is 473 g/mol. The molecule has 5 heteroatoms. The highest BCUT2D eigenvalue weighted by atomic mass is 35.5. The van der Waals surface area contributed by atoms with E-state index in [-0.39, 0.29) is 17.9 Å². The number of carbonyl (C=O) groups excluding carboxylic acids is 1. The second-order valence-electron chi connectivity index (χ2n) is 9.60. The van der Waals surface area contributed by atoms with Crippen LogP contribution in [0.1, 0.15) is 48.3 Å². The zero-order valence-electron chi connectivity index (χ0n) is 19.4. The molecule has 2 aromatic carbocycles. The number of fused-ring (bicyclic) bond motifs is 1. The average molecular weight is 474 g/mol. The number of pyridine rings is 1. The van der Waals surface area contributed by atoms with Crippen LogP contribution in [0, 0.1) is 5.92 Å². The molecule has 1 aliphatic heterocycles. The molecule has 5 rings (SSSR count). The zero-order valence-corrected chi connectivity index (χ0v) is 20.2. The molecule has 0 spiro atoms. The van der Waals surface area contributed by atoms with Gasteiger partial charge in [-0.05, 0) is 72.6 Å². The third-order valence-electron chi connectivity index (χ3n) is 7.60. The van der Waals surface area contributed by atoms with Gasteiger partial charge in [-0.1, -0.05) is 54.1 Å². The van der Waals surface area contributed by atoms with Gasteiger partial charge in [0.25, 0.3) is 0 Å². The molecule has 3 aromatic rings. The van der Waals surface area contributed by atoms with Crippen LogP contribution in [0.25, 0.3) is 0 Å².